The number of nitrogens with zero attached hydrogens (tertiary/aromatic N) is 1. The molecule has 0 N–H and O–H groups in total. The molecule has 1 rings (SSSR count). The second-order valence-corrected chi connectivity index (χ2v) is 4.62. The summed E-state index contributed by atoms with van der Waals surface area (Å²) >= 11 is 5.58. The smallest absolute Gasteiger partial charge is 0.303 e. The van der Waals surface area contributed by atoms with Crippen LogP contribution >= 0.6 is 11.6 Å². The quantitative estimate of drug-likeness (QED) is 0.348. The Balaban J connectivity index is 3.33. The van der Waals surface area contributed by atoms with Crippen molar-refractivity contribution in [3.63, 3.8) is 0 Å². The van der Waals surface area contributed by atoms with Crippen LogP contribution < -0.4 is 0 Å². The van der Waals surface area contributed by atoms with Gasteiger partial charge in [0.2, 0.25) is 0 Å². The normalized spacial score (nSPS) is 14.6. The summed E-state index contributed by atoms with van der Waals surface area (Å²) < 4.78 is 39.8. The molecule has 0 fully saturated rings. The van der Waals surface area contributed by atoms with Gasteiger partial charge in [-0.2, -0.15) is 13.2 Å². The average Bonchev–Trinajstić information content (AvgIpc) is 2.34. The van der Waals surface area contributed by atoms with Gasteiger partial charge in [0.05, 0.1) is 0 Å². The fraction of sp³-hybridized carbons (Fsp3) is 0.417. The summed E-state index contributed by atoms with van der Waals surface area (Å²) in [5.41, 5.74) is -3.72. The van der Waals surface area contributed by atoms with Gasteiger partial charge in [0.25, 0.3) is 0 Å². The maximum atomic E-state index is 13.3. The van der Waals surface area contributed by atoms with E-state index in [0.29, 0.717) is 6.29 Å². The Morgan fingerprint density at radius 2 is 1.80 bits per heavy atom. The lowest BCUT2D eigenvalue weighted by molar-refractivity contribution is -0.625. The molecular formula is C12H11ClF3NO3. The van der Waals surface area contributed by atoms with Crippen molar-refractivity contribution in [2.75, 3.05) is 0 Å². The lowest BCUT2D eigenvalue weighted by Gasteiger charge is -2.27. The van der Waals surface area contributed by atoms with Gasteiger partial charge < -0.3 is 4.79 Å². The monoisotopic (exact) mass is 309 g/mol. The van der Waals surface area contributed by atoms with Crippen LogP contribution in [-0.2, 0) is 10.3 Å². The molecule has 1 unspecified atom stereocenters. The Hall–Kier alpha value is -1.63. The van der Waals surface area contributed by atoms with Crippen molar-refractivity contribution in [1.29, 1.82) is 0 Å². The highest BCUT2D eigenvalue weighted by molar-refractivity contribution is 6.30. The molecule has 0 saturated heterocycles. The maximum Gasteiger partial charge on any atom is 0.465 e. The zero-order chi connectivity index (χ0) is 15.4. The summed E-state index contributed by atoms with van der Waals surface area (Å²) in [5, 5.41) is 11.3. The number of unbranched alkanes of at least 4 members (excludes halogenated alkanes) is 1. The highest BCUT2D eigenvalue weighted by Crippen LogP contribution is 2.45. The number of alkyl halides is 3. The average molecular weight is 310 g/mol. The number of carbonyl (C=O) groups excluding carboxylic acids is 1. The predicted molar refractivity (Wildman–Crippen MR) is 66.1 cm³/mol. The number of hydrogen-bond acceptors (Lipinski definition) is 3. The fourth-order valence-electron chi connectivity index (χ4n) is 1.92. The molecule has 0 radical (unpaired) electrons. The van der Waals surface area contributed by atoms with Crippen LogP contribution in [0.25, 0.3) is 0 Å². The number of benzene rings is 1. The van der Waals surface area contributed by atoms with Gasteiger partial charge in [0.15, 0.2) is 0 Å². The molecule has 0 amide bonds. The van der Waals surface area contributed by atoms with E-state index in [0.717, 1.165) is 12.1 Å². The molecular weight excluding hydrogens is 299 g/mol. The summed E-state index contributed by atoms with van der Waals surface area (Å²) in [4.78, 5) is 20.0. The number of rotatable bonds is 6. The highest BCUT2D eigenvalue weighted by Gasteiger charge is 2.66. The van der Waals surface area contributed by atoms with Gasteiger partial charge in [-0.3, -0.25) is 10.1 Å². The Bertz CT molecular complexity index is 490. The SMILES string of the molecule is O=CCCCC(c1ccc(Cl)cc1)([N+](=O)[O-])C(F)(F)F. The minimum atomic E-state index is -5.08. The molecule has 0 saturated carbocycles. The summed E-state index contributed by atoms with van der Waals surface area (Å²) in [6.07, 6.45) is -5.84. The summed E-state index contributed by atoms with van der Waals surface area (Å²) in [6.45, 7) is 0. The topological polar surface area (TPSA) is 60.2 Å². The Morgan fingerprint density at radius 3 is 2.20 bits per heavy atom. The van der Waals surface area contributed by atoms with E-state index in [9.17, 15) is 28.1 Å². The van der Waals surface area contributed by atoms with Gasteiger partial charge in [0.1, 0.15) is 6.29 Å². The van der Waals surface area contributed by atoms with Gasteiger partial charge in [-0.25, -0.2) is 0 Å². The first kappa shape index (κ1) is 16.4. The van der Waals surface area contributed by atoms with Crippen LogP contribution in [0.5, 0.6) is 0 Å². The van der Waals surface area contributed by atoms with Crippen molar-refractivity contribution in [3.05, 3.63) is 45.0 Å². The molecule has 0 heterocycles. The van der Waals surface area contributed by atoms with Crippen molar-refractivity contribution in [1.82, 2.24) is 0 Å². The van der Waals surface area contributed by atoms with Crippen LogP contribution in [0, 0.1) is 10.1 Å². The molecule has 4 nitrogen and oxygen atoms in total. The molecule has 0 bridgehead atoms. The summed E-state index contributed by atoms with van der Waals surface area (Å²) in [6, 6.07) is 4.31. The van der Waals surface area contributed by atoms with Gasteiger partial charge in [-0.05, 0) is 18.6 Å². The van der Waals surface area contributed by atoms with E-state index in [2.05, 4.69) is 0 Å². The van der Waals surface area contributed by atoms with E-state index in [1.54, 1.807) is 0 Å². The van der Waals surface area contributed by atoms with Gasteiger partial charge in [-0.15, -0.1) is 0 Å². The van der Waals surface area contributed by atoms with Crippen LogP contribution in [0.1, 0.15) is 24.8 Å². The molecule has 110 valence electrons. The molecule has 1 atom stereocenters. The molecule has 0 spiro atoms. The zero-order valence-corrected chi connectivity index (χ0v) is 10.9. The van der Waals surface area contributed by atoms with Crippen molar-refractivity contribution in [3.8, 4) is 0 Å². The molecule has 1 aromatic rings. The van der Waals surface area contributed by atoms with Crippen molar-refractivity contribution in [2.45, 2.75) is 31.0 Å². The summed E-state index contributed by atoms with van der Waals surface area (Å²) in [5.74, 6) is 0. The van der Waals surface area contributed by atoms with Crippen LogP contribution in [-0.4, -0.2) is 17.4 Å². The molecule has 1 aromatic carbocycles. The third kappa shape index (κ3) is 3.09. The number of carbonyl (C=O) groups is 1. The number of nitro groups is 1. The minimum absolute atomic E-state index is 0.167. The first-order chi connectivity index (χ1) is 9.25. The minimum Gasteiger partial charge on any atom is -0.303 e. The van der Waals surface area contributed by atoms with E-state index in [1.807, 2.05) is 0 Å². The van der Waals surface area contributed by atoms with Crippen LogP contribution in [0.2, 0.25) is 5.02 Å². The van der Waals surface area contributed by atoms with Crippen LogP contribution in [0.4, 0.5) is 13.2 Å². The van der Waals surface area contributed by atoms with Crippen molar-refractivity contribution in [2.24, 2.45) is 0 Å². The molecule has 0 aliphatic heterocycles. The number of halogens is 4. The third-order valence-electron chi connectivity index (χ3n) is 2.96. The maximum absolute atomic E-state index is 13.3. The largest absolute Gasteiger partial charge is 0.465 e. The predicted octanol–water partition coefficient (Wildman–Crippen LogP) is 3.74. The standard InChI is InChI=1S/C12H11ClF3NO3/c13-10-5-3-9(4-6-10)11(17(19)20,12(14,15)16)7-1-2-8-18/h3-6,8H,1-2,7H2. The van der Waals surface area contributed by atoms with Crippen LogP contribution in [0.3, 0.4) is 0 Å². The van der Waals surface area contributed by atoms with Gasteiger partial charge >= 0.3 is 11.7 Å². The Morgan fingerprint density at radius 1 is 1.25 bits per heavy atom. The first-order valence-electron chi connectivity index (χ1n) is 5.66. The van der Waals surface area contributed by atoms with E-state index < -0.39 is 28.6 Å². The van der Waals surface area contributed by atoms with Gasteiger partial charge in [0, 0.05) is 28.4 Å². The van der Waals surface area contributed by atoms with Crippen LogP contribution in [0.15, 0.2) is 24.3 Å². The Labute approximate surface area is 117 Å². The lowest BCUT2D eigenvalue weighted by atomic mass is 9.85. The highest BCUT2D eigenvalue weighted by atomic mass is 35.5. The summed E-state index contributed by atoms with van der Waals surface area (Å²) in [7, 11) is 0. The van der Waals surface area contributed by atoms with Crippen molar-refractivity contribution < 1.29 is 22.9 Å². The third-order valence-corrected chi connectivity index (χ3v) is 3.21. The second-order valence-electron chi connectivity index (χ2n) is 4.18. The molecule has 20 heavy (non-hydrogen) atoms. The lowest BCUT2D eigenvalue weighted by Crippen LogP contribution is -2.49. The zero-order valence-electron chi connectivity index (χ0n) is 10.2. The number of aldehydes is 1. The molecule has 0 aliphatic rings. The second kappa shape index (κ2) is 6.21. The Kier molecular flexibility index (Phi) is 5.10. The van der Waals surface area contributed by atoms with E-state index >= 15 is 0 Å². The number of hydrogen-bond donors (Lipinski definition) is 0. The molecule has 8 heteroatoms. The van der Waals surface area contributed by atoms with Gasteiger partial charge in [-0.1, -0.05) is 23.7 Å². The van der Waals surface area contributed by atoms with Crippen molar-refractivity contribution >= 4 is 17.9 Å². The van der Waals surface area contributed by atoms with E-state index in [4.69, 9.17) is 11.6 Å². The fourth-order valence-corrected chi connectivity index (χ4v) is 2.04. The molecule has 0 aromatic heterocycles. The first-order valence-corrected chi connectivity index (χ1v) is 6.04. The van der Waals surface area contributed by atoms with E-state index in [1.165, 1.54) is 12.1 Å². The molecule has 0 aliphatic carbocycles. The van der Waals surface area contributed by atoms with E-state index in [-0.39, 0.29) is 17.9 Å².